The summed E-state index contributed by atoms with van der Waals surface area (Å²) >= 11 is 0. The summed E-state index contributed by atoms with van der Waals surface area (Å²) in [4.78, 5) is 0. The molecule has 1 unspecified atom stereocenters. The molecular formula is C10H12O3. The molecule has 1 aliphatic heterocycles. The van der Waals surface area contributed by atoms with Crippen LogP contribution >= 0.6 is 0 Å². The van der Waals surface area contributed by atoms with Crippen molar-refractivity contribution >= 4 is 0 Å². The Kier molecular flexibility index (Phi) is 2.00. The minimum atomic E-state index is 0.145. The molecule has 0 spiro atoms. The number of hydrogen-bond donors (Lipinski definition) is 1. The Hall–Kier alpha value is -1.38. The lowest BCUT2D eigenvalue weighted by molar-refractivity contribution is 0.226. The first-order valence-corrected chi connectivity index (χ1v) is 4.35. The van der Waals surface area contributed by atoms with Gasteiger partial charge in [-0.05, 0) is 12.1 Å². The van der Waals surface area contributed by atoms with Crippen molar-refractivity contribution in [1.29, 1.82) is 0 Å². The second-order valence-electron chi connectivity index (χ2n) is 3.33. The summed E-state index contributed by atoms with van der Waals surface area (Å²) in [7, 11) is 0. The highest BCUT2D eigenvalue weighted by atomic mass is 16.5. The number of rotatable bonds is 0. The molecule has 0 fully saturated rings. The number of phenols is 1. The maximum atomic E-state index is 9.46. The number of para-hydroxylation sites is 1. The zero-order chi connectivity index (χ0) is 9.26. The lowest BCUT2D eigenvalue weighted by atomic mass is 10.2. The maximum Gasteiger partial charge on any atom is 0.203 e. The van der Waals surface area contributed by atoms with Crippen LogP contribution in [0, 0.1) is 5.92 Å². The Morgan fingerprint density at radius 1 is 1.31 bits per heavy atom. The summed E-state index contributed by atoms with van der Waals surface area (Å²) in [5, 5.41) is 9.46. The number of aromatic hydroxyl groups is 1. The van der Waals surface area contributed by atoms with E-state index in [0.29, 0.717) is 30.6 Å². The monoisotopic (exact) mass is 180 g/mol. The van der Waals surface area contributed by atoms with E-state index in [1.54, 1.807) is 18.2 Å². The van der Waals surface area contributed by atoms with Gasteiger partial charge in [-0.2, -0.15) is 0 Å². The van der Waals surface area contributed by atoms with Crippen LogP contribution in [0.3, 0.4) is 0 Å². The molecule has 1 aromatic carbocycles. The molecule has 0 bridgehead atoms. The quantitative estimate of drug-likeness (QED) is 0.661. The zero-order valence-corrected chi connectivity index (χ0v) is 7.49. The highest BCUT2D eigenvalue weighted by Crippen LogP contribution is 2.37. The average Bonchev–Trinajstić information content (AvgIpc) is 2.30. The number of ether oxygens (including phenoxy) is 2. The van der Waals surface area contributed by atoms with Gasteiger partial charge in [-0.15, -0.1) is 0 Å². The van der Waals surface area contributed by atoms with Crippen molar-refractivity contribution in [1.82, 2.24) is 0 Å². The second kappa shape index (κ2) is 3.17. The van der Waals surface area contributed by atoms with Gasteiger partial charge in [-0.25, -0.2) is 0 Å². The highest BCUT2D eigenvalue weighted by Gasteiger charge is 2.17. The fraction of sp³-hybridized carbons (Fsp3) is 0.400. The van der Waals surface area contributed by atoms with Gasteiger partial charge in [0.2, 0.25) is 5.75 Å². The fourth-order valence-corrected chi connectivity index (χ4v) is 1.27. The van der Waals surface area contributed by atoms with Crippen molar-refractivity contribution < 1.29 is 14.6 Å². The van der Waals surface area contributed by atoms with E-state index in [4.69, 9.17) is 9.47 Å². The average molecular weight is 180 g/mol. The Morgan fingerprint density at radius 2 is 2.08 bits per heavy atom. The lowest BCUT2D eigenvalue weighted by Gasteiger charge is -2.07. The molecule has 1 aromatic rings. The molecule has 0 saturated carbocycles. The molecule has 13 heavy (non-hydrogen) atoms. The van der Waals surface area contributed by atoms with Gasteiger partial charge >= 0.3 is 0 Å². The SMILES string of the molecule is CC1COc2cccc(O)c2OC1. The van der Waals surface area contributed by atoms with Crippen LogP contribution in [0.5, 0.6) is 17.2 Å². The summed E-state index contributed by atoms with van der Waals surface area (Å²) in [6, 6.07) is 5.14. The zero-order valence-electron chi connectivity index (χ0n) is 7.49. The van der Waals surface area contributed by atoms with Gasteiger partial charge in [0.1, 0.15) is 0 Å². The Bertz CT molecular complexity index is 309. The minimum Gasteiger partial charge on any atom is -0.504 e. The first-order valence-electron chi connectivity index (χ1n) is 4.35. The molecule has 3 heteroatoms. The summed E-state index contributed by atoms with van der Waals surface area (Å²) in [6.45, 7) is 3.27. The summed E-state index contributed by atoms with van der Waals surface area (Å²) in [5.74, 6) is 1.59. The highest BCUT2D eigenvalue weighted by molar-refractivity contribution is 5.50. The fourth-order valence-electron chi connectivity index (χ4n) is 1.27. The van der Waals surface area contributed by atoms with Crippen LogP contribution in [-0.2, 0) is 0 Å². The Labute approximate surface area is 76.9 Å². The van der Waals surface area contributed by atoms with Gasteiger partial charge in [-0.1, -0.05) is 13.0 Å². The van der Waals surface area contributed by atoms with Crippen LogP contribution in [0.15, 0.2) is 18.2 Å². The third kappa shape index (κ3) is 1.54. The molecule has 1 aliphatic rings. The van der Waals surface area contributed by atoms with Crippen LogP contribution in [0.4, 0.5) is 0 Å². The third-order valence-electron chi connectivity index (χ3n) is 1.99. The van der Waals surface area contributed by atoms with Crippen molar-refractivity contribution in [2.75, 3.05) is 13.2 Å². The van der Waals surface area contributed by atoms with Gasteiger partial charge in [0.05, 0.1) is 13.2 Å². The predicted octanol–water partition coefficient (Wildman–Crippen LogP) is 1.80. The van der Waals surface area contributed by atoms with Crippen molar-refractivity contribution in [3.05, 3.63) is 18.2 Å². The van der Waals surface area contributed by atoms with Crippen LogP contribution in [-0.4, -0.2) is 18.3 Å². The third-order valence-corrected chi connectivity index (χ3v) is 1.99. The topological polar surface area (TPSA) is 38.7 Å². The smallest absolute Gasteiger partial charge is 0.203 e. The molecular weight excluding hydrogens is 168 g/mol. The molecule has 1 N–H and O–H groups in total. The molecule has 0 aromatic heterocycles. The van der Waals surface area contributed by atoms with E-state index in [0.717, 1.165) is 0 Å². The molecule has 0 amide bonds. The first-order chi connectivity index (χ1) is 6.27. The van der Waals surface area contributed by atoms with E-state index in [-0.39, 0.29) is 5.75 Å². The van der Waals surface area contributed by atoms with Crippen LogP contribution in [0.25, 0.3) is 0 Å². The number of fused-ring (bicyclic) bond motifs is 1. The van der Waals surface area contributed by atoms with E-state index in [2.05, 4.69) is 0 Å². The van der Waals surface area contributed by atoms with Gasteiger partial charge in [0.15, 0.2) is 11.5 Å². The molecule has 70 valence electrons. The maximum absolute atomic E-state index is 9.46. The number of phenolic OH excluding ortho intramolecular Hbond substituents is 1. The summed E-state index contributed by atoms with van der Waals surface area (Å²) in [6.07, 6.45) is 0. The summed E-state index contributed by atoms with van der Waals surface area (Å²) in [5.41, 5.74) is 0. The predicted molar refractivity (Wildman–Crippen MR) is 48.3 cm³/mol. The van der Waals surface area contributed by atoms with Gasteiger partial charge < -0.3 is 14.6 Å². The number of hydrogen-bond acceptors (Lipinski definition) is 3. The first kappa shape index (κ1) is 8.23. The molecule has 1 heterocycles. The normalized spacial score (nSPS) is 20.8. The van der Waals surface area contributed by atoms with Crippen LogP contribution in [0.1, 0.15) is 6.92 Å². The molecule has 0 radical (unpaired) electrons. The van der Waals surface area contributed by atoms with Gasteiger partial charge in [0, 0.05) is 5.92 Å². The minimum absolute atomic E-state index is 0.145. The van der Waals surface area contributed by atoms with E-state index >= 15 is 0 Å². The van der Waals surface area contributed by atoms with Crippen molar-refractivity contribution in [3.63, 3.8) is 0 Å². The lowest BCUT2D eigenvalue weighted by Crippen LogP contribution is -2.12. The standard InChI is InChI=1S/C10H12O3/c1-7-5-12-9-4-2-3-8(11)10(9)13-6-7/h2-4,7,11H,5-6H2,1H3. The van der Waals surface area contributed by atoms with Crippen molar-refractivity contribution in [3.8, 4) is 17.2 Å². The van der Waals surface area contributed by atoms with E-state index in [1.165, 1.54) is 0 Å². The molecule has 3 nitrogen and oxygen atoms in total. The Morgan fingerprint density at radius 3 is 2.92 bits per heavy atom. The summed E-state index contributed by atoms with van der Waals surface area (Å²) < 4.78 is 10.9. The van der Waals surface area contributed by atoms with Crippen LogP contribution in [0.2, 0.25) is 0 Å². The second-order valence-corrected chi connectivity index (χ2v) is 3.33. The molecule has 1 atom stereocenters. The van der Waals surface area contributed by atoms with Crippen LogP contribution < -0.4 is 9.47 Å². The van der Waals surface area contributed by atoms with E-state index < -0.39 is 0 Å². The number of benzene rings is 1. The van der Waals surface area contributed by atoms with E-state index in [1.807, 2.05) is 6.92 Å². The largest absolute Gasteiger partial charge is 0.504 e. The molecule has 0 aliphatic carbocycles. The van der Waals surface area contributed by atoms with Crippen molar-refractivity contribution in [2.45, 2.75) is 6.92 Å². The van der Waals surface area contributed by atoms with Gasteiger partial charge in [0.25, 0.3) is 0 Å². The molecule has 2 rings (SSSR count). The molecule has 0 saturated heterocycles. The Balaban J connectivity index is 2.35. The van der Waals surface area contributed by atoms with E-state index in [9.17, 15) is 5.11 Å². The van der Waals surface area contributed by atoms with Gasteiger partial charge in [-0.3, -0.25) is 0 Å². The van der Waals surface area contributed by atoms with Crippen molar-refractivity contribution in [2.24, 2.45) is 5.92 Å².